The molecule has 0 bridgehead atoms. The van der Waals surface area contributed by atoms with Crippen LogP contribution in [0.5, 0.6) is 0 Å². The number of ether oxygens (including phenoxy) is 1. The van der Waals surface area contributed by atoms with E-state index in [1.165, 1.54) is 21.1 Å². The van der Waals surface area contributed by atoms with Gasteiger partial charge in [0.2, 0.25) is 5.91 Å². The molecule has 2 aromatic rings. The van der Waals surface area contributed by atoms with Crippen LogP contribution in [0.2, 0.25) is 0 Å². The molecule has 2 unspecified atom stereocenters. The van der Waals surface area contributed by atoms with Crippen molar-refractivity contribution in [2.24, 2.45) is 5.73 Å². The fourth-order valence-corrected chi connectivity index (χ4v) is 6.38. The number of nitrogens with zero attached hydrogens (tertiary/aromatic N) is 2. The van der Waals surface area contributed by atoms with Gasteiger partial charge in [0.1, 0.15) is 6.04 Å². The third kappa shape index (κ3) is 6.22. The van der Waals surface area contributed by atoms with E-state index in [9.17, 15) is 9.59 Å². The van der Waals surface area contributed by atoms with Crippen molar-refractivity contribution >= 4 is 34.5 Å². The lowest BCUT2D eigenvalue weighted by atomic mass is 9.94. The van der Waals surface area contributed by atoms with Crippen molar-refractivity contribution in [2.75, 3.05) is 32.8 Å². The number of piperidine rings is 1. The number of likely N-dealkylation sites (tertiary alicyclic amines) is 1. The van der Waals surface area contributed by atoms with Crippen molar-refractivity contribution < 1.29 is 14.3 Å². The van der Waals surface area contributed by atoms with Crippen molar-refractivity contribution in [3.8, 4) is 0 Å². The first-order chi connectivity index (χ1) is 16.0. The molecule has 7 nitrogen and oxygen atoms in total. The van der Waals surface area contributed by atoms with Crippen LogP contribution in [-0.4, -0.2) is 72.6 Å². The summed E-state index contributed by atoms with van der Waals surface area (Å²) in [6.07, 6.45) is 3.88. The molecule has 33 heavy (non-hydrogen) atoms. The molecule has 2 saturated heterocycles. The SMILES string of the molecule is Cc1ccc(CN(CC2CCCO2)C2CCN(C(=O)c3cccs3)[C@@H](C(=O)NCCN)C2)s1. The standard InChI is InChI=1S/C24H34N4O3S2/c1-17-6-7-20(33-17)16-27(15-19-4-2-12-31-19)18-8-11-28(24(30)22-5-3-13-32-22)21(14-18)23(29)26-10-9-25/h3,5-7,13,18-19,21H,2,4,8-12,14-16,25H2,1H3,(H,26,29)/t18?,19?,21-/m1/s1. The van der Waals surface area contributed by atoms with E-state index in [-0.39, 0.29) is 24.0 Å². The van der Waals surface area contributed by atoms with Gasteiger partial charge in [-0.05, 0) is 56.2 Å². The molecule has 3 N–H and O–H groups in total. The number of carbonyl (C=O) groups excluding carboxylic acids is 2. The van der Waals surface area contributed by atoms with Crippen LogP contribution in [0, 0.1) is 6.92 Å². The van der Waals surface area contributed by atoms with E-state index >= 15 is 0 Å². The smallest absolute Gasteiger partial charge is 0.264 e. The molecule has 0 radical (unpaired) electrons. The van der Waals surface area contributed by atoms with Crippen molar-refractivity contribution in [2.45, 2.75) is 57.3 Å². The molecule has 3 atom stereocenters. The molecule has 180 valence electrons. The van der Waals surface area contributed by atoms with Gasteiger partial charge in [0.15, 0.2) is 0 Å². The summed E-state index contributed by atoms with van der Waals surface area (Å²) in [5, 5.41) is 4.82. The highest BCUT2D eigenvalue weighted by Crippen LogP contribution is 2.29. The average molecular weight is 491 g/mol. The fraction of sp³-hybridized carbons (Fsp3) is 0.583. The first-order valence-corrected chi connectivity index (χ1v) is 13.5. The number of rotatable bonds is 9. The molecule has 9 heteroatoms. The van der Waals surface area contributed by atoms with Crippen molar-refractivity contribution in [3.63, 3.8) is 0 Å². The van der Waals surface area contributed by atoms with Gasteiger partial charge in [-0.15, -0.1) is 22.7 Å². The Bertz CT molecular complexity index is 911. The zero-order valence-electron chi connectivity index (χ0n) is 19.2. The van der Waals surface area contributed by atoms with E-state index in [1.807, 2.05) is 28.8 Å². The van der Waals surface area contributed by atoms with E-state index in [0.29, 0.717) is 30.9 Å². The zero-order valence-corrected chi connectivity index (χ0v) is 20.8. The minimum atomic E-state index is -0.498. The van der Waals surface area contributed by atoms with E-state index in [1.54, 1.807) is 4.90 Å². The number of thiophene rings is 2. The molecule has 2 fully saturated rings. The first kappa shape index (κ1) is 24.3. The Morgan fingerprint density at radius 1 is 1.30 bits per heavy atom. The highest BCUT2D eigenvalue weighted by atomic mass is 32.1. The van der Waals surface area contributed by atoms with Crippen LogP contribution >= 0.6 is 22.7 Å². The number of hydrogen-bond donors (Lipinski definition) is 2. The number of amides is 2. The van der Waals surface area contributed by atoms with Gasteiger partial charge in [-0.2, -0.15) is 0 Å². The molecule has 4 rings (SSSR count). The number of aryl methyl sites for hydroxylation is 1. The summed E-state index contributed by atoms with van der Waals surface area (Å²) >= 11 is 3.24. The highest BCUT2D eigenvalue weighted by Gasteiger charge is 2.39. The predicted octanol–water partition coefficient (Wildman–Crippen LogP) is 2.85. The molecular formula is C24H34N4O3S2. The monoisotopic (exact) mass is 490 g/mol. The maximum absolute atomic E-state index is 13.2. The Morgan fingerprint density at radius 2 is 2.18 bits per heavy atom. The summed E-state index contributed by atoms with van der Waals surface area (Å²) < 4.78 is 5.96. The van der Waals surface area contributed by atoms with Crippen LogP contribution in [0.1, 0.15) is 45.1 Å². The van der Waals surface area contributed by atoms with Gasteiger partial charge in [-0.3, -0.25) is 14.5 Å². The number of nitrogens with one attached hydrogen (secondary N) is 1. The summed E-state index contributed by atoms with van der Waals surface area (Å²) in [6.45, 7) is 6.02. The minimum absolute atomic E-state index is 0.0593. The Kier molecular flexibility index (Phi) is 8.54. The molecule has 2 amide bonds. The summed E-state index contributed by atoms with van der Waals surface area (Å²) in [5.74, 6) is -0.171. The molecule has 2 aliphatic rings. The number of nitrogens with two attached hydrogens (primary N) is 1. The Morgan fingerprint density at radius 3 is 2.85 bits per heavy atom. The molecule has 0 aliphatic carbocycles. The van der Waals surface area contributed by atoms with E-state index in [2.05, 4.69) is 29.3 Å². The van der Waals surface area contributed by atoms with E-state index in [0.717, 1.165) is 39.0 Å². The van der Waals surface area contributed by atoms with Crippen LogP contribution in [0.4, 0.5) is 0 Å². The molecule has 4 heterocycles. The van der Waals surface area contributed by atoms with E-state index < -0.39 is 6.04 Å². The highest BCUT2D eigenvalue weighted by molar-refractivity contribution is 7.12. The third-order valence-corrected chi connectivity index (χ3v) is 8.29. The largest absolute Gasteiger partial charge is 0.377 e. The molecular weight excluding hydrogens is 456 g/mol. The first-order valence-electron chi connectivity index (χ1n) is 11.8. The van der Waals surface area contributed by atoms with Gasteiger partial charge < -0.3 is 20.7 Å². The average Bonchev–Trinajstić information content (AvgIpc) is 3.60. The lowest BCUT2D eigenvalue weighted by Crippen LogP contribution is -2.58. The summed E-state index contributed by atoms with van der Waals surface area (Å²) in [5.41, 5.74) is 5.62. The summed E-state index contributed by atoms with van der Waals surface area (Å²) in [4.78, 5) is 33.9. The Balaban J connectivity index is 1.53. The third-order valence-electron chi connectivity index (χ3n) is 6.45. The minimum Gasteiger partial charge on any atom is -0.377 e. The van der Waals surface area contributed by atoms with Gasteiger partial charge in [0.25, 0.3) is 5.91 Å². The predicted molar refractivity (Wildman–Crippen MR) is 133 cm³/mol. The van der Waals surface area contributed by atoms with E-state index in [4.69, 9.17) is 10.5 Å². The molecule has 0 saturated carbocycles. The molecule has 0 aromatic carbocycles. The fourth-order valence-electron chi connectivity index (χ4n) is 4.79. The van der Waals surface area contributed by atoms with Crippen molar-refractivity contribution in [3.05, 3.63) is 44.3 Å². The Hall–Kier alpha value is -1.78. The maximum atomic E-state index is 13.2. The second-order valence-electron chi connectivity index (χ2n) is 8.83. The van der Waals surface area contributed by atoms with Gasteiger partial charge >= 0.3 is 0 Å². The van der Waals surface area contributed by atoms with Crippen LogP contribution < -0.4 is 11.1 Å². The normalized spacial score (nSPS) is 23.2. The second-order valence-corrected chi connectivity index (χ2v) is 11.1. The van der Waals surface area contributed by atoms with Crippen molar-refractivity contribution in [1.82, 2.24) is 15.1 Å². The van der Waals surface area contributed by atoms with Crippen LogP contribution in [0.15, 0.2) is 29.6 Å². The molecule has 2 aliphatic heterocycles. The number of carbonyl (C=O) groups is 2. The van der Waals surface area contributed by atoms with Crippen LogP contribution in [-0.2, 0) is 16.1 Å². The topological polar surface area (TPSA) is 87.9 Å². The summed E-state index contributed by atoms with van der Waals surface area (Å²) in [6, 6.07) is 7.77. The maximum Gasteiger partial charge on any atom is 0.264 e. The van der Waals surface area contributed by atoms with Crippen molar-refractivity contribution in [1.29, 1.82) is 0 Å². The molecule has 2 aromatic heterocycles. The van der Waals surface area contributed by atoms with Gasteiger partial charge in [0, 0.05) is 55.1 Å². The lowest BCUT2D eigenvalue weighted by Gasteiger charge is -2.43. The summed E-state index contributed by atoms with van der Waals surface area (Å²) in [7, 11) is 0. The van der Waals surface area contributed by atoms with Gasteiger partial charge in [0.05, 0.1) is 11.0 Å². The number of hydrogen-bond acceptors (Lipinski definition) is 7. The van der Waals surface area contributed by atoms with Crippen LogP contribution in [0.25, 0.3) is 0 Å². The van der Waals surface area contributed by atoms with Gasteiger partial charge in [-0.25, -0.2) is 0 Å². The quantitative estimate of drug-likeness (QED) is 0.564. The second kappa shape index (κ2) is 11.6. The van der Waals surface area contributed by atoms with Gasteiger partial charge in [-0.1, -0.05) is 6.07 Å². The lowest BCUT2D eigenvalue weighted by molar-refractivity contribution is -0.127. The van der Waals surface area contributed by atoms with Crippen LogP contribution in [0.3, 0.4) is 0 Å². The molecule has 0 spiro atoms. The zero-order chi connectivity index (χ0) is 23.2. The Labute approximate surface area is 203 Å².